The Kier molecular flexibility index (Phi) is 5.08. The van der Waals surface area contributed by atoms with Gasteiger partial charge in [-0.15, -0.1) is 0 Å². The fourth-order valence-electron chi connectivity index (χ4n) is 1.95. The van der Waals surface area contributed by atoms with E-state index in [1.165, 1.54) is 12.1 Å². The van der Waals surface area contributed by atoms with Crippen molar-refractivity contribution >= 4 is 22.6 Å². The first-order valence-electron chi connectivity index (χ1n) is 6.55. The highest BCUT2D eigenvalue weighted by Gasteiger charge is 2.12. The summed E-state index contributed by atoms with van der Waals surface area (Å²) >= 11 is 1.98. The van der Waals surface area contributed by atoms with Crippen molar-refractivity contribution in [3.05, 3.63) is 49.4 Å². The van der Waals surface area contributed by atoms with Crippen LogP contribution >= 0.6 is 22.6 Å². The van der Waals surface area contributed by atoms with Crippen LogP contribution in [0.25, 0.3) is 11.4 Å². The SMILES string of the molecule is CC(C)Cc1nc(-c2ccc(C(F)F)cc2)[nH]c(=O)c1I. The summed E-state index contributed by atoms with van der Waals surface area (Å²) in [6.07, 6.45) is -1.80. The normalized spacial score (nSPS) is 11.4. The molecule has 0 unspecified atom stereocenters. The molecule has 0 aliphatic carbocycles. The molecule has 0 fully saturated rings. The number of benzene rings is 1. The number of alkyl halides is 2. The van der Waals surface area contributed by atoms with Crippen molar-refractivity contribution < 1.29 is 8.78 Å². The van der Waals surface area contributed by atoms with Crippen molar-refractivity contribution in [2.75, 3.05) is 0 Å². The molecule has 21 heavy (non-hydrogen) atoms. The minimum Gasteiger partial charge on any atom is -0.306 e. The highest BCUT2D eigenvalue weighted by Crippen LogP contribution is 2.22. The van der Waals surface area contributed by atoms with Crippen molar-refractivity contribution in [1.82, 2.24) is 9.97 Å². The van der Waals surface area contributed by atoms with E-state index in [2.05, 4.69) is 23.8 Å². The van der Waals surface area contributed by atoms with Crippen LogP contribution in [0.4, 0.5) is 8.78 Å². The van der Waals surface area contributed by atoms with E-state index in [-0.39, 0.29) is 11.1 Å². The van der Waals surface area contributed by atoms with Gasteiger partial charge in [0.1, 0.15) is 5.82 Å². The zero-order valence-electron chi connectivity index (χ0n) is 11.7. The lowest BCUT2D eigenvalue weighted by Crippen LogP contribution is -2.17. The van der Waals surface area contributed by atoms with Gasteiger partial charge in [-0.2, -0.15) is 0 Å². The standard InChI is InChI=1S/C15H15F2IN2O/c1-8(2)7-11-12(18)15(21)20-14(19-11)10-5-3-9(4-6-10)13(16)17/h3-6,8,13H,7H2,1-2H3,(H,19,20,21). The number of rotatable bonds is 4. The first-order chi connectivity index (χ1) is 9.88. The third-order valence-electron chi connectivity index (χ3n) is 2.97. The van der Waals surface area contributed by atoms with Gasteiger partial charge >= 0.3 is 0 Å². The second-order valence-corrected chi connectivity index (χ2v) is 6.27. The highest BCUT2D eigenvalue weighted by atomic mass is 127. The van der Waals surface area contributed by atoms with E-state index in [4.69, 9.17) is 0 Å². The Morgan fingerprint density at radius 1 is 1.24 bits per heavy atom. The second kappa shape index (κ2) is 6.64. The first-order valence-corrected chi connectivity index (χ1v) is 7.63. The third-order valence-corrected chi connectivity index (χ3v) is 4.08. The molecule has 2 rings (SSSR count). The van der Waals surface area contributed by atoms with Crippen LogP contribution in [0.1, 0.15) is 31.5 Å². The quantitative estimate of drug-likeness (QED) is 0.778. The summed E-state index contributed by atoms with van der Waals surface area (Å²) in [5, 5.41) is 0. The topological polar surface area (TPSA) is 45.8 Å². The van der Waals surface area contributed by atoms with Crippen LogP contribution < -0.4 is 5.56 Å². The third kappa shape index (κ3) is 3.87. The Balaban J connectivity index is 2.44. The molecule has 0 radical (unpaired) electrons. The Morgan fingerprint density at radius 2 is 1.86 bits per heavy atom. The van der Waals surface area contributed by atoms with E-state index >= 15 is 0 Å². The predicted octanol–water partition coefficient (Wildman–Crippen LogP) is 4.18. The Hall–Kier alpha value is -1.31. The van der Waals surface area contributed by atoms with Gasteiger partial charge in [-0.1, -0.05) is 38.1 Å². The van der Waals surface area contributed by atoms with Crippen LogP contribution in [0.3, 0.4) is 0 Å². The molecule has 0 spiro atoms. The molecule has 1 N–H and O–H groups in total. The van der Waals surface area contributed by atoms with Gasteiger partial charge in [-0.05, 0) is 34.9 Å². The molecule has 112 valence electrons. The highest BCUT2D eigenvalue weighted by molar-refractivity contribution is 14.1. The molecule has 0 amide bonds. The number of hydrogen-bond acceptors (Lipinski definition) is 2. The number of hydrogen-bond donors (Lipinski definition) is 1. The van der Waals surface area contributed by atoms with E-state index in [0.717, 1.165) is 5.69 Å². The van der Waals surface area contributed by atoms with Crippen LogP contribution in [-0.4, -0.2) is 9.97 Å². The van der Waals surface area contributed by atoms with E-state index in [9.17, 15) is 13.6 Å². The number of nitrogens with zero attached hydrogens (tertiary/aromatic N) is 1. The Morgan fingerprint density at radius 3 is 2.38 bits per heavy atom. The van der Waals surface area contributed by atoms with Gasteiger partial charge in [-0.3, -0.25) is 4.79 Å². The van der Waals surface area contributed by atoms with Gasteiger partial charge in [0.15, 0.2) is 0 Å². The zero-order valence-corrected chi connectivity index (χ0v) is 13.8. The lowest BCUT2D eigenvalue weighted by atomic mass is 10.1. The van der Waals surface area contributed by atoms with Crippen molar-refractivity contribution in [2.24, 2.45) is 5.92 Å². The van der Waals surface area contributed by atoms with Crippen LogP contribution in [0, 0.1) is 9.49 Å². The smallest absolute Gasteiger partial charge is 0.264 e. The Bertz CT molecular complexity index is 681. The summed E-state index contributed by atoms with van der Waals surface area (Å²) in [7, 11) is 0. The van der Waals surface area contributed by atoms with Gasteiger partial charge in [0.2, 0.25) is 0 Å². The van der Waals surface area contributed by atoms with Crippen molar-refractivity contribution in [2.45, 2.75) is 26.7 Å². The fourth-order valence-corrected chi connectivity index (χ4v) is 2.43. The number of nitrogens with one attached hydrogen (secondary N) is 1. The second-order valence-electron chi connectivity index (χ2n) is 5.20. The first kappa shape index (κ1) is 16.1. The zero-order chi connectivity index (χ0) is 15.6. The summed E-state index contributed by atoms with van der Waals surface area (Å²) in [4.78, 5) is 19.1. The molecule has 0 saturated carbocycles. The van der Waals surface area contributed by atoms with Gasteiger partial charge < -0.3 is 4.98 Å². The predicted molar refractivity (Wildman–Crippen MR) is 86.5 cm³/mol. The van der Waals surface area contributed by atoms with Crippen LogP contribution in [0.2, 0.25) is 0 Å². The minimum atomic E-state index is -2.50. The summed E-state index contributed by atoms with van der Waals surface area (Å²) in [5.41, 5.74) is 1.11. The van der Waals surface area contributed by atoms with Crippen LogP contribution in [0.5, 0.6) is 0 Å². The molecule has 6 heteroatoms. The molecule has 0 saturated heterocycles. The molecule has 2 aromatic rings. The molecular formula is C15H15F2IN2O. The van der Waals surface area contributed by atoms with E-state index in [0.29, 0.717) is 27.3 Å². The maximum Gasteiger partial charge on any atom is 0.264 e. The largest absolute Gasteiger partial charge is 0.306 e. The van der Waals surface area contributed by atoms with Crippen molar-refractivity contribution in [3.63, 3.8) is 0 Å². The molecule has 0 bridgehead atoms. The minimum absolute atomic E-state index is 0.0472. The van der Waals surface area contributed by atoms with Gasteiger partial charge in [-0.25, -0.2) is 13.8 Å². The number of H-pyrrole nitrogens is 1. The van der Waals surface area contributed by atoms with Crippen molar-refractivity contribution in [1.29, 1.82) is 0 Å². The average Bonchev–Trinajstić information content (AvgIpc) is 2.43. The lowest BCUT2D eigenvalue weighted by Gasteiger charge is -2.09. The number of halogens is 3. The van der Waals surface area contributed by atoms with Gasteiger partial charge in [0.05, 0.1) is 9.26 Å². The lowest BCUT2D eigenvalue weighted by molar-refractivity contribution is 0.151. The van der Waals surface area contributed by atoms with E-state index in [1.54, 1.807) is 12.1 Å². The van der Waals surface area contributed by atoms with Crippen molar-refractivity contribution in [3.8, 4) is 11.4 Å². The molecule has 0 aliphatic heterocycles. The molecule has 1 aromatic heterocycles. The monoisotopic (exact) mass is 404 g/mol. The summed E-state index contributed by atoms with van der Waals surface area (Å²) in [6.45, 7) is 4.10. The summed E-state index contributed by atoms with van der Waals surface area (Å²) in [5.74, 6) is 0.791. The van der Waals surface area contributed by atoms with E-state index < -0.39 is 6.43 Å². The summed E-state index contributed by atoms with van der Waals surface area (Å²) in [6, 6.07) is 5.79. The number of aromatic nitrogens is 2. The molecular weight excluding hydrogens is 389 g/mol. The molecule has 0 atom stereocenters. The number of aromatic amines is 1. The van der Waals surface area contributed by atoms with E-state index in [1.807, 2.05) is 22.6 Å². The van der Waals surface area contributed by atoms with Crippen LogP contribution in [0.15, 0.2) is 29.1 Å². The fraction of sp³-hybridized carbons (Fsp3) is 0.333. The maximum atomic E-state index is 12.6. The molecule has 0 aliphatic rings. The summed E-state index contributed by atoms with van der Waals surface area (Å²) < 4.78 is 25.7. The molecule has 3 nitrogen and oxygen atoms in total. The maximum absolute atomic E-state index is 12.6. The Labute approximate surface area is 135 Å². The average molecular weight is 404 g/mol. The van der Waals surface area contributed by atoms with Gasteiger partial charge in [0.25, 0.3) is 12.0 Å². The van der Waals surface area contributed by atoms with Crippen LogP contribution in [-0.2, 0) is 6.42 Å². The molecule has 1 aromatic carbocycles. The molecule has 1 heterocycles. The van der Waals surface area contributed by atoms with Gasteiger partial charge in [0, 0.05) is 11.1 Å².